The summed E-state index contributed by atoms with van der Waals surface area (Å²) in [5.74, 6) is 0.0502. The molecule has 1 aliphatic heterocycles. The van der Waals surface area contributed by atoms with Crippen LogP contribution in [-0.2, 0) is 20.9 Å². The molecule has 1 saturated heterocycles. The smallest absolute Gasteiger partial charge is 0.309 e. The zero-order valence-corrected chi connectivity index (χ0v) is 15.1. The molecule has 26 heavy (non-hydrogen) atoms. The molecule has 2 heterocycles. The number of carbonyl (C=O) groups is 2. The molecule has 1 aliphatic rings. The molecule has 7 nitrogen and oxygen atoms in total. The van der Waals surface area contributed by atoms with Crippen LogP contribution < -0.4 is 5.56 Å². The monoisotopic (exact) mass is 357 g/mol. The summed E-state index contributed by atoms with van der Waals surface area (Å²) in [7, 11) is 0. The van der Waals surface area contributed by atoms with Crippen LogP contribution in [0, 0.1) is 12.8 Å². The number of amides is 1. The van der Waals surface area contributed by atoms with E-state index in [1.807, 2.05) is 6.07 Å². The number of para-hydroxylation sites is 1. The van der Waals surface area contributed by atoms with Gasteiger partial charge in [-0.3, -0.25) is 19.0 Å². The Kier molecular flexibility index (Phi) is 5.35. The first-order valence-electron chi connectivity index (χ1n) is 8.92. The Labute approximate surface area is 151 Å². The maximum atomic E-state index is 12.7. The van der Waals surface area contributed by atoms with Crippen LogP contribution in [0.5, 0.6) is 0 Å². The fraction of sp³-hybridized carbons (Fsp3) is 0.474. The zero-order chi connectivity index (χ0) is 18.7. The van der Waals surface area contributed by atoms with Crippen molar-refractivity contribution in [3.63, 3.8) is 0 Å². The second-order valence-corrected chi connectivity index (χ2v) is 6.47. The molecule has 0 radical (unpaired) electrons. The van der Waals surface area contributed by atoms with Crippen molar-refractivity contribution < 1.29 is 14.3 Å². The first kappa shape index (κ1) is 18.1. The van der Waals surface area contributed by atoms with Crippen LogP contribution in [0.4, 0.5) is 0 Å². The zero-order valence-electron chi connectivity index (χ0n) is 15.1. The molecular weight excluding hydrogens is 334 g/mol. The molecule has 1 aromatic heterocycles. The molecule has 1 fully saturated rings. The molecule has 3 rings (SSSR count). The van der Waals surface area contributed by atoms with Gasteiger partial charge in [0.2, 0.25) is 5.91 Å². The van der Waals surface area contributed by atoms with Crippen LogP contribution in [0.15, 0.2) is 29.1 Å². The molecule has 7 heteroatoms. The van der Waals surface area contributed by atoms with Gasteiger partial charge in [-0.2, -0.15) is 0 Å². The maximum absolute atomic E-state index is 12.7. The van der Waals surface area contributed by atoms with Crippen LogP contribution in [0.1, 0.15) is 25.6 Å². The molecule has 0 bridgehead atoms. The molecule has 0 aliphatic carbocycles. The number of rotatable bonds is 4. The number of hydrogen-bond acceptors (Lipinski definition) is 5. The highest BCUT2D eigenvalue weighted by Gasteiger charge is 2.28. The van der Waals surface area contributed by atoms with Gasteiger partial charge >= 0.3 is 5.97 Å². The van der Waals surface area contributed by atoms with Gasteiger partial charge in [-0.15, -0.1) is 0 Å². The largest absolute Gasteiger partial charge is 0.466 e. The second kappa shape index (κ2) is 7.68. The lowest BCUT2D eigenvalue weighted by Gasteiger charge is -2.31. The van der Waals surface area contributed by atoms with Gasteiger partial charge in [0.1, 0.15) is 12.4 Å². The summed E-state index contributed by atoms with van der Waals surface area (Å²) >= 11 is 0. The Morgan fingerprint density at radius 2 is 1.92 bits per heavy atom. The number of likely N-dealkylation sites (tertiary alicyclic amines) is 1. The third kappa shape index (κ3) is 3.61. The number of aryl methyl sites for hydroxylation is 1. The van der Waals surface area contributed by atoms with Crippen LogP contribution in [0.2, 0.25) is 0 Å². The van der Waals surface area contributed by atoms with Gasteiger partial charge < -0.3 is 9.64 Å². The number of ether oxygens (including phenoxy) is 1. The maximum Gasteiger partial charge on any atom is 0.309 e. The van der Waals surface area contributed by atoms with E-state index in [2.05, 4.69) is 4.98 Å². The van der Waals surface area contributed by atoms with Crippen molar-refractivity contribution in [1.82, 2.24) is 14.5 Å². The molecule has 0 unspecified atom stereocenters. The second-order valence-electron chi connectivity index (χ2n) is 6.47. The fourth-order valence-electron chi connectivity index (χ4n) is 3.33. The van der Waals surface area contributed by atoms with Crippen molar-refractivity contribution in [2.24, 2.45) is 5.92 Å². The summed E-state index contributed by atoms with van der Waals surface area (Å²) in [6.07, 6.45) is 1.18. The summed E-state index contributed by atoms with van der Waals surface area (Å²) < 4.78 is 6.47. The van der Waals surface area contributed by atoms with Gasteiger partial charge in [0.05, 0.1) is 23.4 Å². The van der Waals surface area contributed by atoms with Crippen molar-refractivity contribution in [1.29, 1.82) is 0 Å². The van der Waals surface area contributed by atoms with Gasteiger partial charge in [0.25, 0.3) is 5.56 Å². The van der Waals surface area contributed by atoms with E-state index < -0.39 is 0 Å². The average molecular weight is 357 g/mol. The van der Waals surface area contributed by atoms with Crippen molar-refractivity contribution in [3.8, 4) is 0 Å². The minimum absolute atomic E-state index is 0.0351. The summed E-state index contributed by atoms with van der Waals surface area (Å²) in [5.41, 5.74) is 0.428. The highest BCUT2D eigenvalue weighted by Crippen LogP contribution is 2.19. The minimum atomic E-state index is -0.206. The number of hydrogen-bond donors (Lipinski definition) is 0. The standard InChI is InChI=1S/C19H23N3O4/c1-3-26-19(25)14-8-10-21(11-9-14)17(23)12-22-13(2)20-16-7-5-4-6-15(16)18(22)24/h4-7,14H,3,8-12H2,1-2H3. The van der Waals surface area contributed by atoms with Gasteiger partial charge in [-0.1, -0.05) is 12.1 Å². The number of benzene rings is 1. The van der Waals surface area contributed by atoms with Gasteiger partial charge in [0, 0.05) is 13.1 Å². The number of nitrogens with zero attached hydrogens (tertiary/aromatic N) is 3. The lowest BCUT2D eigenvalue weighted by Crippen LogP contribution is -2.43. The number of aromatic nitrogens is 2. The van der Waals surface area contributed by atoms with Crippen LogP contribution in [0.3, 0.4) is 0 Å². The first-order chi connectivity index (χ1) is 12.5. The number of esters is 1. The van der Waals surface area contributed by atoms with E-state index in [0.717, 1.165) is 0 Å². The third-order valence-corrected chi connectivity index (χ3v) is 4.81. The third-order valence-electron chi connectivity index (χ3n) is 4.81. The van der Waals surface area contributed by atoms with E-state index in [9.17, 15) is 14.4 Å². The molecular formula is C19H23N3O4. The Hall–Kier alpha value is -2.70. The van der Waals surface area contributed by atoms with E-state index in [-0.39, 0.29) is 29.9 Å². The highest BCUT2D eigenvalue weighted by atomic mass is 16.5. The normalized spacial score (nSPS) is 15.2. The fourth-order valence-corrected chi connectivity index (χ4v) is 3.33. The molecule has 2 aromatic rings. The SMILES string of the molecule is CCOC(=O)C1CCN(C(=O)Cn2c(C)nc3ccccc3c2=O)CC1. The van der Waals surface area contributed by atoms with E-state index in [1.165, 1.54) is 4.57 Å². The van der Waals surface area contributed by atoms with Crippen molar-refractivity contribution in [3.05, 3.63) is 40.4 Å². The molecule has 0 saturated carbocycles. The van der Waals surface area contributed by atoms with Crippen LogP contribution in [-0.4, -0.2) is 46.0 Å². The average Bonchev–Trinajstić information content (AvgIpc) is 2.65. The van der Waals surface area contributed by atoms with Gasteiger partial charge in [-0.25, -0.2) is 4.98 Å². The van der Waals surface area contributed by atoms with E-state index >= 15 is 0 Å². The van der Waals surface area contributed by atoms with Crippen molar-refractivity contribution in [2.75, 3.05) is 19.7 Å². The molecule has 138 valence electrons. The Bertz CT molecular complexity index is 882. The molecule has 1 aromatic carbocycles. The van der Waals surface area contributed by atoms with E-state index in [0.29, 0.717) is 49.3 Å². The molecule has 1 amide bonds. The van der Waals surface area contributed by atoms with Crippen LogP contribution >= 0.6 is 0 Å². The van der Waals surface area contributed by atoms with Gasteiger partial charge in [0.15, 0.2) is 0 Å². The lowest BCUT2D eigenvalue weighted by atomic mass is 9.97. The number of fused-ring (bicyclic) bond motifs is 1. The van der Waals surface area contributed by atoms with Crippen molar-refractivity contribution >= 4 is 22.8 Å². The Balaban J connectivity index is 1.71. The molecule has 0 atom stereocenters. The van der Waals surface area contributed by atoms with Crippen LogP contribution in [0.25, 0.3) is 10.9 Å². The first-order valence-corrected chi connectivity index (χ1v) is 8.92. The highest BCUT2D eigenvalue weighted by molar-refractivity contribution is 5.79. The predicted molar refractivity (Wildman–Crippen MR) is 96.7 cm³/mol. The summed E-state index contributed by atoms with van der Waals surface area (Å²) in [4.78, 5) is 43.2. The Morgan fingerprint density at radius 3 is 2.62 bits per heavy atom. The quantitative estimate of drug-likeness (QED) is 0.775. The number of piperidine rings is 1. The van der Waals surface area contributed by atoms with Crippen molar-refractivity contribution in [2.45, 2.75) is 33.2 Å². The van der Waals surface area contributed by atoms with E-state index in [1.54, 1.807) is 36.9 Å². The summed E-state index contributed by atoms with van der Waals surface area (Å²) in [5, 5.41) is 0.506. The minimum Gasteiger partial charge on any atom is -0.466 e. The molecule has 0 spiro atoms. The van der Waals surface area contributed by atoms with Gasteiger partial charge in [-0.05, 0) is 38.8 Å². The molecule has 0 N–H and O–H groups in total. The predicted octanol–water partition coefficient (Wildman–Crippen LogP) is 1.51. The number of carbonyl (C=O) groups excluding carboxylic acids is 2. The summed E-state index contributed by atoms with van der Waals surface area (Å²) in [6, 6.07) is 7.12. The lowest BCUT2D eigenvalue weighted by molar-refractivity contribution is -0.151. The van der Waals surface area contributed by atoms with E-state index in [4.69, 9.17) is 4.74 Å². The summed E-state index contributed by atoms with van der Waals surface area (Å²) in [6.45, 7) is 4.85. The Morgan fingerprint density at radius 1 is 1.23 bits per heavy atom. The topological polar surface area (TPSA) is 81.5 Å².